The van der Waals surface area contributed by atoms with E-state index in [-0.39, 0.29) is 42.5 Å². The molecule has 0 aliphatic rings. The van der Waals surface area contributed by atoms with Gasteiger partial charge in [-0.25, -0.2) is 19.3 Å². The van der Waals surface area contributed by atoms with Gasteiger partial charge in [0.05, 0.1) is 31.0 Å². The molecule has 0 saturated heterocycles. The van der Waals surface area contributed by atoms with E-state index in [1.807, 2.05) is 38.1 Å². The van der Waals surface area contributed by atoms with E-state index in [0.717, 1.165) is 22.5 Å². The summed E-state index contributed by atoms with van der Waals surface area (Å²) >= 11 is 0. The zero-order valence-corrected chi connectivity index (χ0v) is 28.8. The van der Waals surface area contributed by atoms with Crippen molar-refractivity contribution in [1.29, 1.82) is 0 Å². The molecule has 11 nitrogen and oxygen atoms in total. The van der Waals surface area contributed by atoms with Crippen LogP contribution in [0.5, 0.6) is 5.75 Å². The lowest BCUT2D eigenvalue weighted by Crippen LogP contribution is -3.00. The first-order valence-corrected chi connectivity index (χ1v) is 14.1. The quantitative estimate of drug-likeness (QED) is 0.0989. The maximum absolute atomic E-state index is 11.7. The second-order valence-corrected chi connectivity index (χ2v) is 9.89. The minimum atomic E-state index is -4.66. The lowest BCUT2D eigenvalue weighted by atomic mass is 10.1. The number of aryl methyl sites for hydroxylation is 1. The molecule has 0 radical (unpaired) electrons. The van der Waals surface area contributed by atoms with E-state index in [1.165, 1.54) is 44.0 Å². The molecular weight excluding hydrogens is 700 g/mol. The number of halogens is 5. The minimum absolute atomic E-state index is 0. The smallest absolute Gasteiger partial charge is 0.573 e. The van der Waals surface area contributed by atoms with Gasteiger partial charge in [0.2, 0.25) is 0 Å². The van der Waals surface area contributed by atoms with Gasteiger partial charge in [0.1, 0.15) is 12.1 Å². The number of aromatic nitrogens is 3. The Hall–Kier alpha value is -5.44. The molecule has 266 valence electrons. The fraction of sp³-hybridized carbons (Fsp3) is 0.147. The number of benzene rings is 4. The molecular formula is C34H35Cl2F3N6O5. The van der Waals surface area contributed by atoms with Crippen LogP contribution in [0.3, 0.4) is 0 Å². The third kappa shape index (κ3) is 13.2. The highest BCUT2D eigenvalue weighted by Gasteiger charge is 2.30. The molecule has 5 aromatic rings. The molecule has 0 atom stereocenters. The number of esters is 2. The minimum Gasteiger partial charge on any atom is -1.00 e. The normalized spacial score (nSPS) is 9.92. The first kappa shape index (κ1) is 42.6. The number of hydrogen-bond acceptors (Lipinski definition) is 9. The van der Waals surface area contributed by atoms with Gasteiger partial charge in [-0.1, -0.05) is 29.8 Å². The number of ether oxygens (including phenoxy) is 3. The number of alkyl halides is 3. The Kier molecular flexibility index (Phi) is 17.2. The first-order chi connectivity index (χ1) is 22.8. The zero-order valence-electron chi connectivity index (χ0n) is 27.3. The first-order valence-electron chi connectivity index (χ1n) is 14.1. The van der Waals surface area contributed by atoms with Gasteiger partial charge in [-0.15, -0.1) is 30.7 Å². The number of methoxy groups -OCH3 is 2. The molecule has 0 saturated carbocycles. The van der Waals surface area contributed by atoms with Crippen LogP contribution in [0.4, 0.5) is 18.9 Å². The van der Waals surface area contributed by atoms with Crippen LogP contribution in [0, 0.1) is 6.92 Å². The van der Waals surface area contributed by atoms with Gasteiger partial charge in [0, 0.05) is 23.7 Å². The summed E-state index contributed by atoms with van der Waals surface area (Å²) < 4.78 is 49.6. The standard InChI is InChI=1S/C17H15N3O2.C10H11NO2.C7H7F3N2O.2ClH/c1-12-3-9-15(10-4-12)20-11-18-16(19-20)13-5-7-14(8-6-13)17(21)22-2;1-7(11)8-3-5-9(6-4-8)10(12)13-2;8-7(9,10)13-6-3-1-5(12-11)2-4-6;;/h3-11H,1-2H3;3-6,11H,1-2H3;1-4,12H,11H2;2*1H. The number of nitrogen functional groups attached to an aromatic ring is 1. The summed E-state index contributed by atoms with van der Waals surface area (Å²) in [6, 6.07) is 27.1. The van der Waals surface area contributed by atoms with Gasteiger partial charge in [-0.05, 0) is 79.7 Å². The number of carbonyl (C=O) groups excluding carboxylic acids is 2. The van der Waals surface area contributed by atoms with Gasteiger partial charge in [0.25, 0.3) is 0 Å². The third-order valence-electron chi connectivity index (χ3n) is 6.37. The van der Waals surface area contributed by atoms with E-state index in [0.29, 0.717) is 22.6 Å². The van der Waals surface area contributed by atoms with Crippen molar-refractivity contribution < 1.29 is 54.8 Å². The SMILES string of the molecule is COC(=O)c1ccc(-c2ncn(-c3ccc(C)cc3)n2)cc1.COC(=O)c1ccc(C(C)=[NH2+])cc1.Cl.NNc1ccc(OC(F)(F)F)cc1.[Cl-]. The van der Waals surface area contributed by atoms with Crippen molar-refractivity contribution in [1.82, 2.24) is 14.8 Å². The summed E-state index contributed by atoms with van der Waals surface area (Å²) in [6.45, 7) is 3.85. The third-order valence-corrected chi connectivity index (χ3v) is 6.37. The van der Waals surface area contributed by atoms with Crippen LogP contribution in [-0.2, 0) is 9.47 Å². The van der Waals surface area contributed by atoms with E-state index in [1.54, 1.807) is 59.5 Å². The Morgan fingerprint density at radius 2 is 1.28 bits per heavy atom. The lowest BCUT2D eigenvalue weighted by molar-refractivity contribution is -0.274. The van der Waals surface area contributed by atoms with E-state index in [2.05, 4.69) is 29.7 Å². The van der Waals surface area contributed by atoms with E-state index < -0.39 is 6.36 Å². The number of rotatable bonds is 7. The summed E-state index contributed by atoms with van der Waals surface area (Å²) in [7, 11) is 2.72. The van der Waals surface area contributed by atoms with Crippen molar-refractivity contribution in [2.75, 3.05) is 19.6 Å². The molecule has 50 heavy (non-hydrogen) atoms. The molecule has 0 bridgehead atoms. The van der Waals surface area contributed by atoms with Gasteiger partial charge in [-0.2, -0.15) is 0 Å². The van der Waals surface area contributed by atoms with Crippen LogP contribution >= 0.6 is 12.4 Å². The van der Waals surface area contributed by atoms with E-state index in [9.17, 15) is 22.8 Å². The molecule has 0 unspecified atom stereocenters. The van der Waals surface area contributed by atoms with Gasteiger partial charge < -0.3 is 32.0 Å². The Bertz CT molecular complexity index is 1800. The molecule has 1 aromatic heterocycles. The van der Waals surface area contributed by atoms with E-state index in [4.69, 9.17) is 11.3 Å². The molecule has 0 spiro atoms. The second kappa shape index (κ2) is 20.2. The summed E-state index contributed by atoms with van der Waals surface area (Å²) in [6.07, 6.45) is -2.98. The lowest BCUT2D eigenvalue weighted by Gasteiger charge is -2.08. The molecule has 0 fully saturated rings. The largest absolute Gasteiger partial charge is 1.00 e. The predicted octanol–water partition coefficient (Wildman–Crippen LogP) is 2.37. The molecule has 1 heterocycles. The fourth-order valence-electron chi connectivity index (χ4n) is 3.83. The highest BCUT2D eigenvalue weighted by atomic mass is 35.5. The number of nitrogens with zero attached hydrogens (tertiary/aromatic N) is 3. The molecule has 5 N–H and O–H groups in total. The summed E-state index contributed by atoms with van der Waals surface area (Å²) in [5, 5.41) is 10.0. The Morgan fingerprint density at radius 3 is 1.72 bits per heavy atom. The van der Waals surface area contributed by atoms with Crippen molar-refractivity contribution >= 4 is 35.7 Å². The van der Waals surface area contributed by atoms with Crippen molar-refractivity contribution in [2.24, 2.45) is 5.84 Å². The van der Waals surface area contributed by atoms with Gasteiger partial charge in [0.15, 0.2) is 11.5 Å². The van der Waals surface area contributed by atoms with Gasteiger partial charge in [-0.3, -0.25) is 11.3 Å². The average Bonchev–Trinajstić information content (AvgIpc) is 3.59. The van der Waals surface area contributed by atoms with Crippen molar-refractivity contribution in [2.45, 2.75) is 20.2 Å². The Balaban J connectivity index is 0.000000390. The van der Waals surface area contributed by atoms with E-state index >= 15 is 0 Å². The highest BCUT2D eigenvalue weighted by molar-refractivity contribution is 5.95. The molecule has 0 aliphatic heterocycles. The van der Waals surface area contributed by atoms with Crippen LogP contribution in [0.25, 0.3) is 17.1 Å². The van der Waals surface area contributed by atoms with Gasteiger partial charge >= 0.3 is 18.3 Å². The second-order valence-electron chi connectivity index (χ2n) is 9.89. The number of nitrogens with one attached hydrogen (secondary N) is 1. The molecule has 0 aliphatic carbocycles. The number of hydrogen-bond donors (Lipinski definition) is 3. The molecule has 16 heteroatoms. The molecule has 4 aromatic carbocycles. The van der Waals surface area contributed by atoms with Crippen LogP contribution < -0.4 is 33.8 Å². The topological polar surface area (TPSA) is 156 Å². The Labute approximate surface area is 298 Å². The monoisotopic (exact) mass is 734 g/mol. The summed E-state index contributed by atoms with van der Waals surface area (Å²) in [5.41, 5.74) is 8.48. The van der Waals surface area contributed by atoms with Crippen molar-refractivity contribution in [3.05, 3.63) is 126 Å². The number of anilines is 1. The maximum Gasteiger partial charge on any atom is 0.573 e. The summed E-state index contributed by atoms with van der Waals surface area (Å²) in [4.78, 5) is 26.8. The zero-order chi connectivity index (χ0) is 35.3. The highest BCUT2D eigenvalue weighted by Crippen LogP contribution is 2.23. The average molecular weight is 736 g/mol. The maximum atomic E-state index is 11.7. The van der Waals surface area contributed by atoms with Crippen LogP contribution in [-0.4, -0.2) is 53.0 Å². The molecule has 0 amide bonds. The number of nitrogens with two attached hydrogens (primary N) is 2. The Morgan fingerprint density at radius 1 is 0.800 bits per heavy atom. The van der Waals surface area contributed by atoms with Crippen LogP contribution in [0.2, 0.25) is 0 Å². The summed E-state index contributed by atoms with van der Waals surface area (Å²) in [5.74, 6) is 4.66. The number of hydrazine groups is 1. The molecule has 5 rings (SSSR count). The number of carbonyl (C=O) groups is 2. The van der Waals surface area contributed by atoms with Crippen LogP contribution in [0.1, 0.15) is 38.8 Å². The predicted molar refractivity (Wildman–Crippen MR) is 181 cm³/mol. The van der Waals surface area contributed by atoms with Crippen molar-refractivity contribution in [3.8, 4) is 22.8 Å². The fourth-order valence-corrected chi connectivity index (χ4v) is 3.83. The van der Waals surface area contributed by atoms with Crippen molar-refractivity contribution in [3.63, 3.8) is 0 Å². The van der Waals surface area contributed by atoms with Crippen LogP contribution in [0.15, 0.2) is 103 Å².